The zero-order valence-corrected chi connectivity index (χ0v) is 11.0. The second-order valence-corrected chi connectivity index (χ2v) is 3.21. The van der Waals surface area contributed by atoms with Crippen LogP contribution >= 0.6 is 0 Å². The molecule has 0 nitrogen and oxygen atoms in total. The van der Waals surface area contributed by atoms with Crippen molar-refractivity contribution in [2.75, 3.05) is 0 Å². The molecule has 1 heteroatoms. The molecule has 0 amide bonds. The summed E-state index contributed by atoms with van der Waals surface area (Å²) in [6, 6.07) is 20.5. The van der Waals surface area contributed by atoms with Crippen molar-refractivity contribution in [2.45, 2.75) is 0 Å². The van der Waals surface area contributed by atoms with Crippen LogP contribution in [0.3, 0.4) is 0 Å². The van der Waals surface area contributed by atoms with Gasteiger partial charge in [-0.1, -0.05) is 67.2 Å². The summed E-state index contributed by atoms with van der Waals surface area (Å²) in [7, 11) is 0. The Labute approximate surface area is 114 Å². The maximum atomic E-state index is 4.10. The first kappa shape index (κ1) is 12.3. The third-order valence-corrected chi connectivity index (χ3v) is 2.24. The number of rotatable bonds is 2. The van der Waals surface area contributed by atoms with E-state index in [1.807, 2.05) is 36.4 Å². The quantitative estimate of drug-likeness (QED) is 0.637. The zero-order chi connectivity index (χ0) is 9.80. The van der Waals surface area contributed by atoms with Gasteiger partial charge in [0.05, 0.1) is 0 Å². The molecule has 0 unspecified atom stereocenters. The smallest absolute Gasteiger partial charge is 1.00 e. The summed E-state index contributed by atoms with van der Waals surface area (Å²) < 4.78 is 0. The van der Waals surface area contributed by atoms with Gasteiger partial charge in [0.15, 0.2) is 0 Å². The van der Waals surface area contributed by atoms with Gasteiger partial charge in [0.2, 0.25) is 0 Å². The van der Waals surface area contributed by atoms with E-state index in [9.17, 15) is 0 Å². The number of benzene rings is 2. The molecule has 0 atom stereocenters. The Hall–Kier alpha value is -0.820. The maximum Gasteiger partial charge on any atom is 1.00 e. The summed E-state index contributed by atoms with van der Waals surface area (Å²) in [5.74, 6) is 0. The standard InChI is InChI=1S/C14H12.Na.H/c1-12(13-8-4-2-5-9-13)14-10-6-3-7-11-14;;/h2-11H,1H2;;/q;+1;-1. The first-order chi connectivity index (χ1) is 6.88. The molecule has 0 saturated carbocycles. The zero-order valence-electron chi connectivity index (χ0n) is 9.98. The van der Waals surface area contributed by atoms with Crippen molar-refractivity contribution in [1.29, 1.82) is 0 Å². The Kier molecular flexibility index (Phi) is 4.83. The monoisotopic (exact) mass is 204 g/mol. The summed E-state index contributed by atoms with van der Waals surface area (Å²) in [5.41, 5.74) is 3.43. The van der Waals surface area contributed by atoms with Crippen LogP contribution in [0.4, 0.5) is 0 Å². The van der Waals surface area contributed by atoms with Crippen LogP contribution in [0.25, 0.3) is 5.57 Å². The van der Waals surface area contributed by atoms with Gasteiger partial charge in [-0.3, -0.25) is 0 Å². The molecular weight excluding hydrogens is 191 g/mol. The van der Waals surface area contributed by atoms with Crippen molar-refractivity contribution in [3.8, 4) is 0 Å². The topological polar surface area (TPSA) is 0 Å². The van der Waals surface area contributed by atoms with Crippen molar-refractivity contribution in [2.24, 2.45) is 0 Å². The molecule has 0 bridgehead atoms. The van der Waals surface area contributed by atoms with Crippen LogP contribution in [0.2, 0.25) is 0 Å². The molecule has 2 aromatic rings. The Morgan fingerprint density at radius 3 is 1.40 bits per heavy atom. The largest absolute Gasteiger partial charge is 1.00 e. The molecule has 0 spiro atoms. The Morgan fingerprint density at radius 1 is 0.733 bits per heavy atom. The van der Waals surface area contributed by atoms with Crippen molar-refractivity contribution in [1.82, 2.24) is 0 Å². The number of hydrogen-bond donors (Lipinski definition) is 0. The molecule has 0 aromatic heterocycles. The third kappa shape index (κ3) is 3.07. The van der Waals surface area contributed by atoms with Gasteiger partial charge in [-0.15, -0.1) is 0 Å². The molecule has 0 aliphatic heterocycles. The minimum Gasteiger partial charge on any atom is -1.00 e. The summed E-state index contributed by atoms with van der Waals surface area (Å²) >= 11 is 0. The van der Waals surface area contributed by atoms with Crippen LogP contribution in [0.1, 0.15) is 12.6 Å². The molecule has 0 radical (unpaired) electrons. The van der Waals surface area contributed by atoms with E-state index in [4.69, 9.17) is 0 Å². The predicted octanol–water partition coefficient (Wildman–Crippen LogP) is 0.865. The SMILES string of the molecule is C=C(c1ccccc1)c1ccccc1.[H-].[Na+]. The van der Waals surface area contributed by atoms with E-state index < -0.39 is 0 Å². The van der Waals surface area contributed by atoms with E-state index in [0.29, 0.717) is 0 Å². The Bertz CT molecular complexity index is 382. The van der Waals surface area contributed by atoms with E-state index >= 15 is 0 Å². The molecule has 2 rings (SSSR count). The molecule has 0 fully saturated rings. The van der Waals surface area contributed by atoms with Crippen LogP contribution in [-0.4, -0.2) is 0 Å². The van der Waals surface area contributed by atoms with E-state index in [1.165, 1.54) is 11.1 Å². The van der Waals surface area contributed by atoms with Gasteiger partial charge in [0, 0.05) is 0 Å². The fourth-order valence-electron chi connectivity index (χ4n) is 1.45. The molecule has 0 aliphatic rings. The van der Waals surface area contributed by atoms with Crippen LogP contribution in [-0.2, 0) is 0 Å². The Balaban J connectivity index is 0.00000112. The average molecular weight is 204 g/mol. The molecule has 70 valence electrons. The second kappa shape index (κ2) is 5.92. The summed E-state index contributed by atoms with van der Waals surface area (Å²) in [5, 5.41) is 0. The van der Waals surface area contributed by atoms with Gasteiger partial charge in [0.25, 0.3) is 0 Å². The van der Waals surface area contributed by atoms with Gasteiger partial charge >= 0.3 is 29.6 Å². The van der Waals surface area contributed by atoms with Gasteiger partial charge in [0.1, 0.15) is 0 Å². The van der Waals surface area contributed by atoms with E-state index in [0.717, 1.165) is 5.57 Å². The summed E-state index contributed by atoms with van der Waals surface area (Å²) in [6.45, 7) is 4.10. The molecular formula is C14H13Na. The summed E-state index contributed by atoms with van der Waals surface area (Å²) in [6.07, 6.45) is 0. The molecule has 0 N–H and O–H groups in total. The van der Waals surface area contributed by atoms with Crippen LogP contribution in [0.5, 0.6) is 0 Å². The Morgan fingerprint density at radius 2 is 1.07 bits per heavy atom. The minimum atomic E-state index is 0. The normalized spacial score (nSPS) is 9.07. The molecule has 0 saturated heterocycles. The van der Waals surface area contributed by atoms with Gasteiger partial charge < -0.3 is 1.43 Å². The van der Waals surface area contributed by atoms with Gasteiger partial charge in [-0.25, -0.2) is 0 Å². The van der Waals surface area contributed by atoms with E-state index in [2.05, 4.69) is 30.8 Å². The average Bonchev–Trinajstić information content (AvgIpc) is 2.30. The van der Waals surface area contributed by atoms with Crippen LogP contribution in [0, 0.1) is 0 Å². The van der Waals surface area contributed by atoms with Gasteiger partial charge in [-0.2, -0.15) is 0 Å². The fourth-order valence-corrected chi connectivity index (χ4v) is 1.45. The molecule has 15 heavy (non-hydrogen) atoms. The van der Waals surface area contributed by atoms with E-state index in [-0.39, 0.29) is 31.0 Å². The van der Waals surface area contributed by atoms with Crippen LogP contribution < -0.4 is 29.6 Å². The maximum absolute atomic E-state index is 4.10. The van der Waals surface area contributed by atoms with Crippen molar-refractivity contribution in [3.05, 3.63) is 78.4 Å². The molecule has 0 aliphatic carbocycles. The molecule has 0 heterocycles. The second-order valence-electron chi connectivity index (χ2n) is 3.21. The van der Waals surface area contributed by atoms with Crippen molar-refractivity contribution < 1.29 is 31.0 Å². The predicted molar refractivity (Wildman–Crippen MR) is 62.1 cm³/mol. The third-order valence-electron chi connectivity index (χ3n) is 2.24. The molecule has 2 aromatic carbocycles. The van der Waals surface area contributed by atoms with Crippen molar-refractivity contribution in [3.63, 3.8) is 0 Å². The number of hydrogen-bond acceptors (Lipinski definition) is 0. The van der Waals surface area contributed by atoms with Crippen LogP contribution in [0.15, 0.2) is 67.2 Å². The van der Waals surface area contributed by atoms with Crippen molar-refractivity contribution >= 4 is 5.57 Å². The first-order valence-corrected chi connectivity index (χ1v) is 4.67. The minimum absolute atomic E-state index is 0. The fraction of sp³-hybridized carbons (Fsp3) is 0. The first-order valence-electron chi connectivity index (χ1n) is 4.67. The summed E-state index contributed by atoms with van der Waals surface area (Å²) in [4.78, 5) is 0. The van der Waals surface area contributed by atoms with E-state index in [1.54, 1.807) is 0 Å². The van der Waals surface area contributed by atoms with Gasteiger partial charge in [-0.05, 0) is 16.7 Å².